The standard InChI is InChI=1S/C18H18N2O5/c21-14-4-1-12(2-5-14)7-8-19-17(22)18(23)20-10-13-3-6-15-16(9-13)25-11-24-15/h1-6,9,21H,7-8,10-11H2,(H,19,22)(H,20,23). The third-order valence-electron chi connectivity index (χ3n) is 3.73. The van der Waals surface area contributed by atoms with E-state index in [1.807, 2.05) is 0 Å². The van der Waals surface area contributed by atoms with Gasteiger partial charge in [-0.3, -0.25) is 9.59 Å². The molecule has 0 spiro atoms. The molecular weight excluding hydrogens is 324 g/mol. The number of phenols is 1. The van der Waals surface area contributed by atoms with Crippen LogP contribution in [0.4, 0.5) is 0 Å². The number of carbonyl (C=O) groups is 2. The van der Waals surface area contributed by atoms with Crippen molar-refractivity contribution in [1.29, 1.82) is 0 Å². The lowest BCUT2D eigenvalue weighted by atomic mass is 10.1. The van der Waals surface area contributed by atoms with E-state index in [1.54, 1.807) is 42.5 Å². The number of aromatic hydroxyl groups is 1. The van der Waals surface area contributed by atoms with Crippen LogP contribution in [0.5, 0.6) is 17.2 Å². The average molecular weight is 342 g/mol. The molecular formula is C18H18N2O5. The van der Waals surface area contributed by atoms with Crippen molar-refractivity contribution < 1.29 is 24.2 Å². The Morgan fingerprint density at radius 1 is 0.920 bits per heavy atom. The summed E-state index contributed by atoms with van der Waals surface area (Å²) in [4.78, 5) is 23.6. The van der Waals surface area contributed by atoms with E-state index < -0.39 is 11.8 Å². The number of hydrogen-bond donors (Lipinski definition) is 3. The van der Waals surface area contributed by atoms with Crippen molar-refractivity contribution in [2.45, 2.75) is 13.0 Å². The highest BCUT2D eigenvalue weighted by Gasteiger charge is 2.15. The van der Waals surface area contributed by atoms with E-state index in [0.717, 1.165) is 11.1 Å². The Labute approximate surface area is 144 Å². The third kappa shape index (κ3) is 4.41. The van der Waals surface area contributed by atoms with Crippen LogP contribution in [-0.4, -0.2) is 30.3 Å². The number of phenolic OH excluding ortho intramolecular Hbond substituents is 1. The molecule has 25 heavy (non-hydrogen) atoms. The lowest BCUT2D eigenvalue weighted by Gasteiger charge is -2.07. The fraction of sp³-hybridized carbons (Fsp3) is 0.222. The number of fused-ring (bicyclic) bond motifs is 1. The Balaban J connectivity index is 1.41. The molecule has 0 saturated heterocycles. The van der Waals surface area contributed by atoms with Gasteiger partial charge in [0.2, 0.25) is 6.79 Å². The topological polar surface area (TPSA) is 96.9 Å². The lowest BCUT2D eigenvalue weighted by molar-refractivity contribution is -0.139. The van der Waals surface area contributed by atoms with Crippen LogP contribution in [0.1, 0.15) is 11.1 Å². The van der Waals surface area contributed by atoms with Gasteiger partial charge in [0.05, 0.1) is 0 Å². The molecule has 7 nitrogen and oxygen atoms in total. The van der Waals surface area contributed by atoms with Crippen LogP contribution in [0.25, 0.3) is 0 Å². The van der Waals surface area contributed by atoms with Crippen LogP contribution >= 0.6 is 0 Å². The van der Waals surface area contributed by atoms with Crippen LogP contribution in [-0.2, 0) is 22.6 Å². The minimum Gasteiger partial charge on any atom is -0.508 e. The van der Waals surface area contributed by atoms with Gasteiger partial charge >= 0.3 is 11.8 Å². The van der Waals surface area contributed by atoms with Gasteiger partial charge in [0.15, 0.2) is 11.5 Å². The van der Waals surface area contributed by atoms with Crippen molar-refractivity contribution in [3.05, 3.63) is 53.6 Å². The van der Waals surface area contributed by atoms with E-state index in [-0.39, 0.29) is 19.1 Å². The summed E-state index contributed by atoms with van der Waals surface area (Å²) in [6, 6.07) is 12.0. The minimum atomic E-state index is -0.691. The second kappa shape index (κ2) is 7.57. The summed E-state index contributed by atoms with van der Waals surface area (Å²) in [5.41, 5.74) is 1.77. The normalized spacial score (nSPS) is 11.8. The van der Waals surface area contributed by atoms with Crippen molar-refractivity contribution in [2.24, 2.45) is 0 Å². The molecule has 2 aromatic rings. The molecule has 2 amide bonds. The summed E-state index contributed by atoms with van der Waals surface area (Å²) in [5, 5.41) is 14.3. The second-order valence-electron chi connectivity index (χ2n) is 5.54. The zero-order valence-electron chi connectivity index (χ0n) is 13.5. The quantitative estimate of drug-likeness (QED) is 0.707. The first-order chi connectivity index (χ1) is 12.1. The molecule has 0 unspecified atom stereocenters. The maximum absolute atomic E-state index is 11.8. The zero-order chi connectivity index (χ0) is 17.6. The Kier molecular flexibility index (Phi) is 5.03. The number of amides is 2. The summed E-state index contributed by atoms with van der Waals surface area (Å²) in [6.07, 6.45) is 0.571. The first-order valence-corrected chi connectivity index (χ1v) is 7.84. The van der Waals surface area contributed by atoms with Crippen LogP contribution < -0.4 is 20.1 Å². The van der Waals surface area contributed by atoms with Gasteiger partial charge < -0.3 is 25.2 Å². The number of benzene rings is 2. The highest BCUT2D eigenvalue weighted by Crippen LogP contribution is 2.32. The largest absolute Gasteiger partial charge is 0.508 e. The van der Waals surface area contributed by atoms with E-state index >= 15 is 0 Å². The molecule has 0 aliphatic carbocycles. The monoisotopic (exact) mass is 342 g/mol. The predicted molar refractivity (Wildman–Crippen MR) is 89.2 cm³/mol. The molecule has 130 valence electrons. The van der Waals surface area contributed by atoms with Gasteiger partial charge in [0, 0.05) is 13.1 Å². The second-order valence-corrected chi connectivity index (χ2v) is 5.54. The van der Waals surface area contributed by atoms with Crippen LogP contribution in [0, 0.1) is 0 Å². The summed E-state index contributed by atoms with van der Waals surface area (Å²) < 4.78 is 10.5. The molecule has 2 aromatic carbocycles. The smallest absolute Gasteiger partial charge is 0.309 e. The van der Waals surface area contributed by atoms with Gasteiger partial charge in [0.25, 0.3) is 0 Å². The lowest BCUT2D eigenvalue weighted by Crippen LogP contribution is -2.40. The van der Waals surface area contributed by atoms with Gasteiger partial charge in [0.1, 0.15) is 5.75 Å². The fourth-order valence-corrected chi connectivity index (χ4v) is 2.38. The van der Waals surface area contributed by atoms with Crippen molar-refractivity contribution in [2.75, 3.05) is 13.3 Å². The Hall–Kier alpha value is -3.22. The molecule has 0 radical (unpaired) electrons. The van der Waals surface area contributed by atoms with Gasteiger partial charge in [-0.15, -0.1) is 0 Å². The predicted octanol–water partition coefficient (Wildman–Crippen LogP) is 1.10. The van der Waals surface area contributed by atoms with Gasteiger partial charge in [-0.05, 0) is 41.8 Å². The van der Waals surface area contributed by atoms with Crippen molar-refractivity contribution >= 4 is 11.8 Å². The molecule has 3 N–H and O–H groups in total. The van der Waals surface area contributed by atoms with Crippen molar-refractivity contribution in [3.8, 4) is 17.2 Å². The highest BCUT2D eigenvalue weighted by atomic mass is 16.7. The summed E-state index contributed by atoms with van der Waals surface area (Å²) >= 11 is 0. The number of carbonyl (C=O) groups excluding carboxylic acids is 2. The van der Waals surface area contributed by atoms with E-state index in [1.165, 1.54) is 0 Å². The zero-order valence-corrected chi connectivity index (χ0v) is 13.5. The molecule has 1 aliphatic rings. The van der Waals surface area contributed by atoms with Crippen LogP contribution in [0.3, 0.4) is 0 Å². The third-order valence-corrected chi connectivity index (χ3v) is 3.73. The molecule has 0 bridgehead atoms. The maximum Gasteiger partial charge on any atom is 0.309 e. The number of nitrogens with one attached hydrogen (secondary N) is 2. The maximum atomic E-state index is 11.8. The van der Waals surface area contributed by atoms with Crippen LogP contribution in [0.15, 0.2) is 42.5 Å². The Morgan fingerprint density at radius 2 is 1.60 bits per heavy atom. The Bertz CT molecular complexity index is 774. The van der Waals surface area contributed by atoms with Gasteiger partial charge in [-0.2, -0.15) is 0 Å². The molecule has 1 aliphatic heterocycles. The number of rotatable bonds is 5. The first kappa shape index (κ1) is 16.6. The molecule has 0 aromatic heterocycles. The van der Waals surface area contributed by atoms with E-state index in [9.17, 15) is 14.7 Å². The number of ether oxygens (including phenoxy) is 2. The molecule has 0 fully saturated rings. The van der Waals surface area contributed by atoms with Gasteiger partial charge in [-0.1, -0.05) is 18.2 Å². The van der Waals surface area contributed by atoms with E-state index in [0.29, 0.717) is 24.5 Å². The summed E-state index contributed by atoms with van der Waals surface area (Å²) in [6.45, 7) is 0.747. The SMILES string of the molecule is O=C(NCCc1ccc(O)cc1)C(=O)NCc1ccc2c(c1)OCO2. The molecule has 0 atom stereocenters. The first-order valence-electron chi connectivity index (χ1n) is 7.84. The summed E-state index contributed by atoms with van der Waals surface area (Å²) in [5.74, 6) is 0.116. The van der Waals surface area contributed by atoms with Crippen LogP contribution in [0.2, 0.25) is 0 Å². The van der Waals surface area contributed by atoms with E-state index in [2.05, 4.69) is 10.6 Å². The average Bonchev–Trinajstić information content (AvgIpc) is 3.09. The molecule has 3 rings (SSSR count). The Morgan fingerprint density at radius 3 is 2.40 bits per heavy atom. The molecule has 7 heteroatoms. The molecule has 1 heterocycles. The fourth-order valence-electron chi connectivity index (χ4n) is 2.38. The van der Waals surface area contributed by atoms with Gasteiger partial charge in [-0.25, -0.2) is 0 Å². The van der Waals surface area contributed by atoms with Crippen molar-refractivity contribution in [3.63, 3.8) is 0 Å². The summed E-state index contributed by atoms with van der Waals surface area (Å²) in [7, 11) is 0. The van der Waals surface area contributed by atoms with Crippen molar-refractivity contribution in [1.82, 2.24) is 10.6 Å². The highest BCUT2D eigenvalue weighted by molar-refractivity contribution is 6.35. The van der Waals surface area contributed by atoms with E-state index in [4.69, 9.17) is 9.47 Å². The number of hydrogen-bond acceptors (Lipinski definition) is 5. The minimum absolute atomic E-state index is 0.189. The molecule has 0 saturated carbocycles.